The molecule has 7 heteroatoms. The molecule has 0 atom stereocenters. The first-order valence-electron chi connectivity index (χ1n) is 8.15. The van der Waals surface area contributed by atoms with Gasteiger partial charge in [0.2, 0.25) is 0 Å². The average Bonchev–Trinajstić information content (AvgIpc) is 2.60. The summed E-state index contributed by atoms with van der Waals surface area (Å²) in [6.45, 7) is 2.83. The van der Waals surface area contributed by atoms with E-state index in [0.717, 1.165) is 11.3 Å². The number of aryl methyl sites for hydroxylation is 1. The fraction of sp³-hybridized carbons (Fsp3) is 0.211. The lowest BCUT2D eigenvalue weighted by atomic mass is 10.1. The zero-order valence-electron chi connectivity index (χ0n) is 14.5. The number of aromatic amines is 2. The van der Waals surface area contributed by atoms with E-state index in [0.29, 0.717) is 29.6 Å². The van der Waals surface area contributed by atoms with E-state index in [1.165, 1.54) is 0 Å². The number of nitrogens with zero attached hydrogens (tertiary/aromatic N) is 1. The highest BCUT2D eigenvalue weighted by Crippen LogP contribution is 2.13. The van der Waals surface area contributed by atoms with Gasteiger partial charge in [-0.1, -0.05) is 12.1 Å². The van der Waals surface area contributed by atoms with Crippen LogP contribution in [-0.2, 0) is 0 Å². The minimum atomic E-state index is -0.275. The van der Waals surface area contributed by atoms with E-state index >= 15 is 0 Å². The van der Waals surface area contributed by atoms with Crippen LogP contribution in [0.3, 0.4) is 0 Å². The van der Waals surface area contributed by atoms with Gasteiger partial charge in [-0.05, 0) is 55.0 Å². The zero-order chi connectivity index (χ0) is 18.7. The van der Waals surface area contributed by atoms with Gasteiger partial charge in [-0.15, -0.1) is 0 Å². The molecule has 1 aromatic heterocycles. The number of likely N-dealkylation sites (N-methyl/N-ethyl adjacent to an activating group) is 1. The van der Waals surface area contributed by atoms with Crippen molar-refractivity contribution in [1.29, 1.82) is 0 Å². The molecule has 0 aliphatic rings. The maximum Gasteiger partial charge on any atom is 0.259 e. The summed E-state index contributed by atoms with van der Waals surface area (Å²) >= 11 is 4.98. The smallest absolute Gasteiger partial charge is 0.259 e. The Morgan fingerprint density at radius 3 is 2.77 bits per heavy atom. The average molecular weight is 369 g/mol. The molecule has 2 aromatic carbocycles. The van der Waals surface area contributed by atoms with Crippen molar-refractivity contribution in [1.82, 2.24) is 14.9 Å². The second kappa shape index (κ2) is 7.53. The Kier molecular flexibility index (Phi) is 5.18. The van der Waals surface area contributed by atoms with Crippen molar-refractivity contribution >= 4 is 29.0 Å². The summed E-state index contributed by atoms with van der Waals surface area (Å²) in [5.41, 5.74) is 1.86. The first-order valence-corrected chi connectivity index (χ1v) is 8.56. The van der Waals surface area contributed by atoms with E-state index in [2.05, 4.69) is 9.97 Å². The summed E-state index contributed by atoms with van der Waals surface area (Å²) in [6.07, 6.45) is 0. The first kappa shape index (κ1) is 17.9. The van der Waals surface area contributed by atoms with E-state index in [4.69, 9.17) is 17.0 Å². The Balaban J connectivity index is 1.69. The van der Waals surface area contributed by atoms with Crippen molar-refractivity contribution in [3.63, 3.8) is 0 Å². The summed E-state index contributed by atoms with van der Waals surface area (Å²) in [4.78, 5) is 31.5. The van der Waals surface area contributed by atoms with E-state index < -0.39 is 0 Å². The number of ether oxygens (including phenoxy) is 1. The van der Waals surface area contributed by atoms with Crippen molar-refractivity contribution in [3.8, 4) is 5.75 Å². The first-order chi connectivity index (χ1) is 12.4. The molecule has 0 unspecified atom stereocenters. The molecule has 0 aliphatic heterocycles. The molecule has 0 bridgehead atoms. The van der Waals surface area contributed by atoms with Gasteiger partial charge >= 0.3 is 0 Å². The monoisotopic (exact) mass is 369 g/mol. The molecule has 0 spiro atoms. The Labute approximate surface area is 155 Å². The van der Waals surface area contributed by atoms with Gasteiger partial charge in [-0.25, -0.2) is 0 Å². The molecule has 6 nitrogen and oxygen atoms in total. The molecule has 134 valence electrons. The van der Waals surface area contributed by atoms with Gasteiger partial charge in [0.25, 0.3) is 11.5 Å². The molecular formula is C19H19N3O3S. The van der Waals surface area contributed by atoms with Crippen LogP contribution in [0.25, 0.3) is 10.9 Å². The molecule has 0 fully saturated rings. The second-order valence-corrected chi connectivity index (χ2v) is 6.47. The van der Waals surface area contributed by atoms with Crippen LogP contribution in [0.4, 0.5) is 0 Å². The quantitative estimate of drug-likeness (QED) is 0.678. The molecule has 3 aromatic rings. The molecule has 26 heavy (non-hydrogen) atoms. The van der Waals surface area contributed by atoms with Crippen molar-refractivity contribution < 1.29 is 9.53 Å². The molecule has 0 radical (unpaired) electrons. The van der Waals surface area contributed by atoms with E-state index in [1.807, 2.05) is 31.2 Å². The van der Waals surface area contributed by atoms with E-state index in [9.17, 15) is 9.59 Å². The lowest BCUT2D eigenvalue weighted by molar-refractivity contribution is 0.0774. The van der Waals surface area contributed by atoms with Crippen LogP contribution in [0, 0.1) is 11.7 Å². The Morgan fingerprint density at radius 2 is 2.00 bits per heavy atom. The number of carbonyl (C=O) groups is 1. The molecule has 2 N–H and O–H groups in total. The number of hydrogen-bond acceptors (Lipinski definition) is 4. The van der Waals surface area contributed by atoms with Crippen molar-refractivity contribution in [2.45, 2.75) is 6.92 Å². The van der Waals surface area contributed by atoms with Crippen LogP contribution >= 0.6 is 12.2 Å². The Bertz CT molecular complexity index is 1070. The molecule has 0 saturated carbocycles. The number of benzene rings is 2. The summed E-state index contributed by atoms with van der Waals surface area (Å²) in [7, 11) is 1.71. The molecule has 0 saturated heterocycles. The number of nitrogens with one attached hydrogen (secondary N) is 2. The number of fused-ring (bicyclic) bond motifs is 1. The fourth-order valence-corrected chi connectivity index (χ4v) is 2.83. The van der Waals surface area contributed by atoms with Gasteiger partial charge in [0.05, 0.1) is 17.4 Å². The summed E-state index contributed by atoms with van der Waals surface area (Å²) in [5, 5.41) is 0.459. The molecular weight excluding hydrogens is 350 g/mol. The Morgan fingerprint density at radius 1 is 1.19 bits per heavy atom. The number of H-pyrrole nitrogens is 2. The Hall–Kier alpha value is -2.93. The number of hydrogen-bond donors (Lipinski definition) is 2. The highest BCUT2D eigenvalue weighted by atomic mass is 32.1. The van der Waals surface area contributed by atoms with E-state index in [-0.39, 0.29) is 16.2 Å². The van der Waals surface area contributed by atoms with Crippen molar-refractivity contribution in [2.24, 2.45) is 0 Å². The van der Waals surface area contributed by atoms with Gasteiger partial charge in [-0.2, -0.15) is 0 Å². The minimum Gasteiger partial charge on any atom is -0.492 e. The molecule has 1 heterocycles. The standard InChI is InChI=1S/C19H19N3O3S/c1-12-4-3-5-14(10-12)25-9-8-22(2)18(24)13-6-7-15-16(11-13)20-19(26)21-17(15)23/h3-7,10-11H,8-9H2,1-2H3,(H2,20,21,23,26). The van der Waals surface area contributed by atoms with Crippen LogP contribution < -0.4 is 10.3 Å². The van der Waals surface area contributed by atoms with Crippen LogP contribution in [0.5, 0.6) is 5.75 Å². The number of amides is 1. The van der Waals surface area contributed by atoms with Gasteiger partial charge in [0, 0.05) is 12.6 Å². The van der Waals surface area contributed by atoms with Crippen LogP contribution in [0.2, 0.25) is 0 Å². The number of carbonyl (C=O) groups excluding carboxylic acids is 1. The maximum absolute atomic E-state index is 12.6. The van der Waals surface area contributed by atoms with Crippen molar-refractivity contribution in [3.05, 3.63) is 68.7 Å². The molecule has 1 amide bonds. The van der Waals surface area contributed by atoms with Crippen molar-refractivity contribution in [2.75, 3.05) is 20.2 Å². The lowest BCUT2D eigenvalue weighted by Crippen LogP contribution is -2.31. The topological polar surface area (TPSA) is 78.2 Å². The van der Waals surface area contributed by atoms with Crippen LogP contribution in [0.15, 0.2) is 47.3 Å². The summed E-state index contributed by atoms with van der Waals surface area (Å²) in [5.74, 6) is 0.627. The number of aromatic nitrogens is 2. The molecule has 0 aliphatic carbocycles. The van der Waals surface area contributed by atoms with Gasteiger partial charge in [0.15, 0.2) is 4.77 Å². The third-order valence-corrected chi connectivity index (χ3v) is 4.22. The third-order valence-electron chi connectivity index (χ3n) is 4.02. The minimum absolute atomic E-state index is 0.153. The van der Waals surface area contributed by atoms with Gasteiger partial charge < -0.3 is 14.6 Å². The van der Waals surface area contributed by atoms with E-state index in [1.54, 1.807) is 30.1 Å². The predicted octanol–water partition coefficient (Wildman–Crippen LogP) is 3.05. The van der Waals surface area contributed by atoms with Gasteiger partial charge in [-0.3, -0.25) is 14.6 Å². The SMILES string of the molecule is Cc1cccc(OCCN(C)C(=O)c2ccc3c(=O)[nH]c(=S)[nH]c3c2)c1. The number of rotatable bonds is 5. The highest BCUT2D eigenvalue weighted by Gasteiger charge is 2.13. The highest BCUT2D eigenvalue weighted by molar-refractivity contribution is 7.71. The molecule has 3 rings (SSSR count). The zero-order valence-corrected chi connectivity index (χ0v) is 15.4. The maximum atomic E-state index is 12.6. The van der Waals surface area contributed by atoms with Crippen LogP contribution in [0.1, 0.15) is 15.9 Å². The normalized spacial score (nSPS) is 10.7. The largest absolute Gasteiger partial charge is 0.492 e. The van der Waals surface area contributed by atoms with Gasteiger partial charge in [0.1, 0.15) is 12.4 Å². The lowest BCUT2D eigenvalue weighted by Gasteiger charge is -2.18. The summed E-state index contributed by atoms with van der Waals surface area (Å²) in [6, 6.07) is 12.7. The third kappa shape index (κ3) is 4.00. The summed E-state index contributed by atoms with van der Waals surface area (Å²) < 4.78 is 5.91. The second-order valence-electron chi connectivity index (χ2n) is 6.06. The van der Waals surface area contributed by atoms with Crippen LogP contribution in [-0.4, -0.2) is 41.0 Å². The fourth-order valence-electron chi connectivity index (χ4n) is 2.63. The predicted molar refractivity (Wildman–Crippen MR) is 103 cm³/mol.